The van der Waals surface area contributed by atoms with Gasteiger partial charge in [0.05, 0.1) is 11.4 Å². The Balaban J connectivity index is 1.72. The minimum atomic E-state index is -0.395. The Labute approximate surface area is 166 Å². The van der Waals surface area contributed by atoms with Crippen molar-refractivity contribution in [1.29, 1.82) is 0 Å². The van der Waals surface area contributed by atoms with Crippen molar-refractivity contribution in [3.05, 3.63) is 114 Å². The number of rotatable bonds is 5. The zero-order chi connectivity index (χ0) is 20.2. The number of allylic oxidation sites excluding steroid dienone is 1. The molecule has 0 unspecified atom stereocenters. The summed E-state index contributed by atoms with van der Waals surface area (Å²) in [6, 6.07) is 21.0. The van der Waals surface area contributed by atoms with Crippen LogP contribution in [0.25, 0.3) is 23.0 Å². The molecule has 0 bridgehead atoms. The molecule has 4 rings (SSSR count). The van der Waals surface area contributed by atoms with Gasteiger partial charge >= 0.3 is 0 Å². The molecule has 5 heteroatoms. The number of benzene rings is 3. The number of halogens is 2. The number of carbonyl (C=O) groups is 1. The highest BCUT2D eigenvalue weighted by Crippen LogP contribution is 2.25. The van der Waals surface area contributed by atoms with Gasteiger partial charge in [-0.3, -0.25) is 4.79 Å². The molecule has 0 aliphatic rings. The molecule has 0 atom stereocenters. The SMILES string of the molecule is O=C(/C=C/c1cn(-c2ccccc2)nc1-c1ccc(F)cc1)c1ccc(F)cc1. The van der Waals surface area contributed by atoms with E-state index in [4.69, 9.17) is 0 Å². The summed E-state index contributed by atoms with van der Waals surface area (Å²) in [7, 11) is 0. The summed E-state index contributed by atoms with van der Waals surface area (Å²) in [6.07, 6.45) is 4.89. The maximum atomic E-state index is 13.3. The van der Waals surface area contributed by atoms with Crippen LogP contribution < -0.4 is 0 Å². The van der Waals surface area contributed by atoms with Crippen LogP contribution in [0.4, 0.5) is 8.78 Å². The van der Waals surface area contributed by atoms with Gasteiger partial charge in [0.15, 0.2) is 5.78 Å². The van der Waals surface area contributed by atoms with Crippen molar-refractivity contribution in [3.8, 4) is 16.9 Å². The molecule has 0 spiro atoms. The van der Waals surface area contributed by atoms with Gasteiger partial charge in [0, 0.05) is 22.9 Å². The molecule has 29 heavy (non-hydrogen) atoms. The van der Waals surface area contributed by atoms with Crippen LogP contribution in [-0.2, 0) is 0 Å². The summed E-state index contributed by atoms with van der Waals surface area (Å²) in [4.78, 5) is 12.4. The van der Waals surface area contributed by atoms with Gasteiger partial charge in [-0.15, -0.1) is 0 Å². The second kappa shape index (κ2) is 8.02. The summed E-state index contributed by atoms with van der Waals surface area (Å²) in [5, 5.41) is 4.62. The number of carbonyl (C=O) groups excluding carboxylic acids is 1. The highest BCUT2D eigenvalue weighted by Gasteiger charge is 2.11. The fraction of sp³-hybridized carbons (Fsp3) is 0. The third-order valence-electron chi connectivity index (χ3n) is 4.42. The molecule has 0 saturated heterocycles. The molecule has 3 nitrogen and oxygen atoms in total. The second-order valence-corrected chi connectivity index (χ2v) is 6.42. The molecule has 0 saturated carbocycles. The summed E-state index contributed by atoms with van der Waals surface area (Å²) >= 11 is 0. The highest BCUT2D eigenvalue weighted by molar-refractivity contribution is 6.07. The van der Waals surface area contributed by atoms with Gasteiger partial charge < -0.3 is 0 Å². The summed E-state index contributed by atoms with van der Waals surface area (Å²) < 4.78 is 28.1. The van der Waals surface area contributed by atoms with Crippen molar-refractivity contribution < 1.29 is 13.6 Å². The molecule has 0 N–H and O–H groups in total. The Morgan fingerprint density at radius 3 is 2.10 bits per heavy atom. The molecule has 1 heterocycles. The van der Waals surface area contributed by atoms with E-state index in [0.717, 1.165) is 11.3 Å². The lowest BCUT2D eigenvalue weighted by molar-refractivity contribution is 0.104. The van der Waals surface area contributed by atoms with Gasteiger partial charge in [0.2, 0.25) is 0 Å². The maximum absolute atomic E-state index is 13.3. The summed E-state index contributed by atoms with van der Waals surface area (Å²) in [5.41, 5.74) is 3.31. The van der Waals surface area contributed by atoms with E-state index < -0.39 is 5.82 Å². The first kappa shape index (κ1) is 18.5. The number of hydrogen-bond acceptors (Lipinski definition) is 2. The average Bonchev–Trinajstić information content (AvgIpc) is 3.18. The molecule has 0 amide bonds. The van der Waals surface area contributed by atoms with Crippen molar-refractivity contribution in [2.24, 2.45) is 0 Å². The first-order valence-electron chi connectivity index (χ1n) is 8.99. The normalized spacial score (nSPS) is 11.1. The zero-order valence-corrected chi connectivity index (χ0v) is 15.3. The molecular formula is C24H16F2N2O. The second-order valence-electron chi connectivity index (χ2n) is 6.42. The van der Waals surface area contributed by atoms with E-state index in [1.165, 1.54) is 42.5 Å². The van der Waals surface area contributed by atoms with Gasteiger partial charge in [-0.1, -0.05) is 18.2 Å². The average molecular weight is 386 g/mol. The summed E-state index contributed by atoms with van der Waals surface area (Å²) in [6.45, 7) is 0. The maximum Gasteiger partial charge on any atom is 0.185 e. The number of para-hydroxylation sites is 1. The predicted molar refractivity (Wildman–Crippen MR) is 109 cm³/mol. The van der Waals surface area contributed by atoms with E-state index in [2.05, 4.69) is 5.10 Å². The molecule has 3 aromatic carbocycles. The van der Waals surface area contributed by atoms with E-state index in [1.54, 1.807) is 22.9 Å². The van der Waals surface area contributed by atoms with Crippen molar-refractivity contribution in [1.82, 2.24) is 9.78 Å². The zero-order valence-electron chi connectivity index (χ0n) is 15.3. The Kier molecular flexibility index (Phi) is 5.12. The number of ketones is 1. The first-order valence-corrected chi connectivity index (χ1v) is 8.99. The first-order chi connectivity index (χ1) is 14.1. The van der Waals surface area contributed by atoms with Crippen LogP contribution in [0.3, 0.4) is 0 Å². The minimum Gasteiger partial charge on any atom is -0.289 e. The van der Waals surface area contributed by atoms with Crippen LogP contribution in [0.15, 0.2) is 91.1 Å². The van der Waals surface area contributed by atoms with Crippen LogP contribution in [-0.4, -0.2) is 15.6 Å². The van der Waals surface area contributed by atoms with Crippen LogP contribution in [0, 0.1) is 11.6 Å². The Morgan fingerprint density at radius 1 is 0.828 bits per heavy atom. The molecule has 0 aliphatic carbocycles. The molecule has 1 aromatic heterocycles. The number of aromatic nitrogens is 2. The third kappa shape index (κ3) is 4.19. The third-order valence-corrected chi connectivity index (χ3v) is 4.42. The Bertz CT molecular complexity index is 1160. The summed E-state index contributed by atoms with van der Waals surface area (Å²) in [5.74, 6) is -0.976. The van der Waals surface area contributed by atoms with Gasteiger partial charge in [-0.05, 0) is 72.8 Å². The quantitative estimate of drug-likeness (QED) is 0.325. The lowest BCUT2D eigenvalue weighted by atomic mass is 10.1. The largest absolute Gasteiger partial charge is 0.289 e. The molecule has 0 radical (unpaired) electrons. The lowest BCUT2D eigenvalue weighted by Gasteiger charge is -2.00. The van der Waals surface area contributed by atoms with Crippen LogP contribution >= 0.6 is 0 Å². The van der Waals surface area contributed by atoms with E-state index in [9.17, 15) is 13.6 Å². The molecule has 142 valence electrons. The van der Waals surface area contributed by atoms with Crippen LogP contribution in [0.1, 0.15) is 15.9 Å². The fourth-order valence-corrected chi connectivity index (χ4v) is 2.93. The van der Waals surface area contributed by atoms with Crippen molar-refractivity contribution in [2.45, 2.75) is 0 Å². The van der Waals surface area contributed by atoms with E-state index in [-0.39, 0.29) is 11.6 Å². The number of hydrogen-bond donors (Lipinski definition) is 0. The monoisotopic (exact) mass is 386 g/mol. The van der Waals surface area contributed by atoms with Crippen molar-refractivity contribution in [2.75, 3.05) is 0 Å². The van der Waals surface area contributed by atoms with Gasteiger partial charge in [0.25, 0.3) is 0 Å². The molecule has 4 aromatic rings. The van der Waals surface area contributed by atoms with Crippen molar-refractivity contribution in [3.63, 3.8) is 0 Å². The minimum absolute atomic E-state index is 0.248. The van der Waals surface area contributed by atoms with E-state index >= 15 is 0 Å². The van der Waals surface area contributed by atoms with E-state index in [0.29, 0.717) is 16.8 Å². The van der Waals surface area contributed by atoms with Crippen molar-refractivity contribution >= 4 is 11.9 Å². The smallest absolute Gasteiger partial charge is 0.185 e. The predicted octanol–water partition coefficient (Wildman–Crippen LogP) is 5.71. The lowest BCUT2D eigenvalue weighted by Crippen LogP contribution is -1.94. The van der Waals surface area contributed by atoms with Gasteiger partial charge in [-0.25, -0.2) is 13.5 Å². The topological polar surface area (TPSA) is 34.9 Å². The molecular weight excluding hydrogens is 370 g/mol. The van der Waals surface area contributed by atoms with Crippen LogP contribution in [0.2, 0.25) is 0 Å². The Hall–Kier alpha value is -3.86. The molecule has 0 fully saturated rings. The van der Waals surface area contributed by atoms with Gasteiger partial charge in [-0.2, -0.15) is 5.10 Å². The number of nitrogens with zero attached hydrogens (tertiary/aromatic N) is 2. The Morgan fingerprint density at radius 2 is 1.45 bits per heavy atom. The van der Waals surface area contributed by atoms with E-state index in [1.807, 2.05) is 36.5 Å². The van der Waals surface area contributed by atoms with Crippen LogP contribution in [0.5, 0.6) is 0 Å². The standard InChI is InChI=1S/C24H16F2N2O/c25-20-11-6-17(7-12-20)23(29)15-10-19-16-28(22-4-2-1-3-5-22)27-24(19)18-8-13-21(26)14-9-18/h1-16H/b15-10+. The van der Waals surface area contributed by atoms with Gasteiger partial charge in [0.1, 0.15) is 11.6 Å². The fourth-order valence-electron chi connectivity index (χ4n) is 2.93. The highest BCUT2D eigenvalue weighted by atomic mass is 19.1. The molecule has 0 aliphatic heterocycles.